The Labute approximate surface area is 231 Å². The van der Waals surface area contributed by atoms with E-state index >= 15 is 0 Å². The van der Waals surface area contributed by atoms with Crippen molar-refractivity contribution in [1.29, 1.82) is 0 Å². The van der Waals surface area contributed by atoms with Crippen molar-refractivity contribution in [2.45, 2.75) is 32.7 Å². The molecule has 39 heavy (non-hydrogen) atoms. The number of pyridine rings is 1. The van der Waals surface area contributed by atoms with E-state index in [4.69, 9.17) is 10.5 Å². The highest BCUT2D eigenvalue weighted by Crippen LogP contribution is 2.19. The molecule has 4 N–H and O–H groups in total. The second kappa shape index (κ2) is 14.3. The summed E-state index contributed by atoms with van der Waals surface area (Å²) in [5.41, 5.74) is 10.6. The van der Waals surface area contributed by atoms with Crippen LogP contribution in [-0.4, -0.2) is 60.1 Å². The van der Waals surface area contributed by atoms with E-state index in [1.165, 1.54) is 12.0 Å². The van der Waals surface area contributed by atoms with Gasteiger partial charge in [-0.1, -0.05) is 43.3 Å². The lowest BCUT2D eigenvalue weighted by Crippen LogP contribution is -2.36. The van der Waals surface area contributed by atoms with Gasteiger partial charge in [-0.15, -0.1) is 0 Å². The van der Waals surface area contributed by atoms with Gasteiger partial charge in [0.25, 0.3) is 5.91 Å². The number of para-hydroxylation sites is 2. The number of amides is 1. The van der Waals surface area contributed by atoms with Crippen LogP contribution >= 0.6 is 0 Å². The summed E-state index contributed by atoms with van der Waals surface area (Å²) in [6.07, 6.45) is 5.13. The van der Waals surface area contributed by atoms with Crippen molar-refractivity contribution in [2.24, 2.45) is 0 Å². The number of benzene rings is 2. The third-order valence-electron chi connectivity index (χ3n) is 6.83. The molecule has 8 nitrogen and oxygen atoms in total. The number of carbonyl (C=O) groups is 1. The normalized spacial score (nSPS) is 13.6. The number of morpholine rings is 1. The second-order valence-electron chi connectivity index (χ2n) is 9.97. The zero-order valence-electron chi connectivity index (χ0n) is 22.9. The molecule has 2 aromatic carbocycles. The lowest BCUT2D eigenvalue weighted by molar-refractivity contribution is 0.0371. The van der Waals surface area contributed by atoms with Crippen LogP contribution in [0.5, 0.6) is 0 Å². The lowest BCUT2D eigenvalue weighted by atomic mass is 10.2. The predicted octanol–water partition coefficient (Wildman–Crippen LogP) is 5.11. The van der Waals surface area contributed by atoms with Crippen molar-refractivity contribution < 1.29 is 9.53 Å². The first-order valence-corrected chi connectivity index (χ1v) is 13.7. The molecule has 0 bridgehead atoms. The highest BCUT2D eigenvalue weighted by molar-refractivity contribution is 6.04. The molecule has 1 aromatic heterocycles. The molecule has 4 rings (SSSR count). The topological polar surface area (TPSA) is 95.8 Å². The molecule has 8 heteroatoms. The molecule has 0 spiro atoms. The number of aromatic nitrogens is 1. The summed E-state index contributed by atoms with van der Waals surface area (Å²) >= 11 is 0. The van der Waals surface area contributed by atoms with Crippen LogP contribution in [0.25, 0.3) is 0 Å². The average Bonchev–Trinajstić information content (AvgIpc) is 2.94. The van der Waals surface area contributed by atoms with Crippen molar-refractivity contribution in [3.05, 3.63) is 96.1 Å². The number of unbranched alkanes of at least 4 members (excludes halogenated alkanes) is 2. The molecule has 1 amide bonds. The summed E-state index contributed by atoms with van der Waals surface area (Å²) in [4.78, 5) is 21.8. The fraction of sp³-hybridized carbons (Fsp3) is 0.355. The Bertz CT molecular complexity index is 1220. The first kappa shape index (κ1) is 28.1. The number of rotatable bonds is 13. The van der Waals surface area contributed by atoms with Crippen molar-refractivity contribution in [2.75, 3.05) is 55.8 Å². The molecule has 0 saturated carbocycles. The van der Waals surface area contributed by atoms with E-state index in [1.54, 1.807) is 24.4 Å². The second-order valence-corrected chi connectivity index (χ2v) is 9.97. The van der Waals surface area contributed by atoms with E-state index < -0.39 is 0 Å². The molecule has 206 valence electrons. The maximum atomic E-state index is 12.7. The first-order chi connectivity index (χ1) is 19.0. The molecule has 0 aliphatic carbocycles. The maximum Gasteiger partial charge on any atom is 0.274 e. The Hall–Kier alpha value is -3.88. The molecule has 3 aromatic rings. The van der Waals surface area contributed by atoms with Gasteiger partial charge in [0.1, 0.15) is 5.69 Å². The Morgan fingerprint density at radius 2 is 1.87 bits per heavy atom. The fourth-order valence-corrected chi connectivity index (χ4v) is 4.59. The van der Waals surface area contributed by atoms with Crippen molar-refractivity contribution in [3.63, 3.8) is 0 Å². The van der Waals surface area contributed by atoms with Crippen LogP contribution in [0.4, 0.5) is 17.1 Å². The Morgan fingerprint density at radius 3 is 2.62 bits per heavy atom. The number of nitrogens with two attached hydrogens (primary N) is 1. The van der Waals surface area contributed by atoms with E-state index in [1.807, 2.05) is 30.3 Å². The van der Waals surface area contributed by atoms with Crippen LogP contribution < -0.4 is 16.4 Å². The van der Waals surface area contributed by atoms with Gasteiger partial charge in [-0.2, -0.15) is 0 Å². The van der Waals surface area contributed by atoms with E-state index in [2.05, 4.69) is 51.1 Å². The summed E-state index contributed by atoms with van der Waals surface area (Å²) in [7, 11) is 0. The number of nitrogens with one attached hydrogen (secondary N) is 2. The number of hydrogen-bond acceptors (Lipinski definition) is 7. The number of nitrogen functional groups attached to an aromatic ring is 1. The van der Waals surface area contributed by atoms with Crippen LogP contribution in [-0.2, 0) is 11.3 Å². The maximum absolute atomic E-state index is 12.7. The highest BCUT2D eigenvalue weighted by Gasteiger charge is 2.14. The number of ether oxygens (including phenoxy) is 1. The molecule has 2 heterocycles. The number of aryl methyl sites for hydroxylation is 1. The lowest BCUT2D eigenvalue weighted by Gasteiger charge is -2.28. The molecule has 1 saturated heterocycles. The summed E-state index contributed by atoms with van der Waals surface area (Å²) in [5, 5.41) is 6.30. The van der Waals surface area contributed by atoms with Gasteiger partial charge in [0.05, 0.1) is 30.4 Å². The fourth-order valence-electron chi connectivity index (χ4n) is 4.59. The molecule has 0 radical (unpaired) electrons. The van der Waals surface area contributed by atoms with E-state index in [0.717, 1.165) is 69.3 Å². The van der Waals surface area contributed by atoms with Gasteiger partial charge in [-0.05, 0) is 67.8 Å². The zero-order chi connectivity index (χ0) is 27.5. The van der Waals surface area contributed by atoms with Gasteiger partial charge < -0.3 is 26.0 Å². The van der Waals surface area contributed by atoms with Crippen LogP contribution in [0.3, 0.4) is 0 Å². The molecular formula is C31H40N6O2. The minimum absolute atomic E-state index is 0.290. The molecule has 0 unspecified atom stereocenters. The number of hydrogen-bond donors (Lipinski definition) is 3. The number of anilines is 3. The van der Waals surface area contributed by atoms with Gasteiger partial charge >= 0.3 is 0 Å². The first-order valence-electron chi connectivity index (χ1n) is 13.7. The van der Waals surface area contributed by atoms with Crippen LogP contribution in [0.2, 0.25) is 0 Å². The SMILES string of the molecule is C=C(Nc1cccc(C)c1)N(CCCCCN1CCOCC1)Cc1ccc(C(=O)Nc2ccccc2N)nc1. The third-order valence-corrected chi connectivity index (χ3v) is 6.83. The zero-order valence-corrected chi connectivity index (χ0v) is 22.9. The highest BCUT2D eigenvalue weighted by atomic mass is 16.5. The third kappa shape index (κ3) is 8.84. The molecular weight excluding hydrogens is 488 g/mol. The van der Waals surface area contributed by atoms with Gasteiger partial charge in [-0.25, -0.2) is 0 Å². The smallest absolute Gasteiger partial charge is 0.274 e. The minimum atomic E-state index is -0.290. The van der Waals surface area contributed by atoms with Gasteiger partial charge in [0.15, 0.2) is 0 Å². The van der Waals surface area contributed by atoms with Crippen molar-refractivity contribution >= 4 is 23.0 Å². The quantitative estimate of drug-likeness (QED) is 0.210. The largest absolute Gasteiger partial charge is 0.397 e. The van der Waals surface area contributed by atoms with Gasteiger partial charge in [-0.3, -0.25) is 14.7 Å². The molecule has 1 fully saturated rings. The van der Waals surface area contributed by atoms with Crippen LogP contribution in [0, 0.1) is 6.92 Å². The number of nitrogens with zero attached hydrogens (tertiary/aromatic N) is 3. The van der Waals surface area contributed by atoms with Crippen LogP contribution in [0.15, 0.2) is 79.3 Å². The monoisotopic (exact) mass is 528 g/mol. The van der Waals surface area contributed by atoms with Gasteiger partial charge in [0, 0.05) is 38.1 Å². The summed E-state index contributed by atoms with van der Waals surface area (Å²) in [6.45, 7) is 12.8. The Kier molecular flexibility index (Phi) is 10.3. The Balaban J connectivity index is 1.35. The average molecular weight is 529 g/mol. The summed E-state index contributed by atoms with van der Waals surface area (Å²) in [5.74, 6) is 0.553. The van der Waals surface area contributed by atoms with Crippen molar-refractivity contribution in [1.82, 2.24) is 14.8 Å². The van der Waals surface area contributed by atoms with Gasteiger partial charge in [0.2, 0.25) is 0 Å². The molecule has 1 aliphatic rings. The Morgan fingerprint density at radius 1 is 1.05 bits per heavy atom. The van der Waals surface area contributed by atoms with Crippen molar-refractivity contribution in [3.8, 4) is 0 Å². The molecule has 1 aliphatic heterocycles. The van der Waals surface area contributed by atoms with E-state index in [0.29, 0.717) is 23.6 Å². The summed E-state index contributed by atoms with van der Waals surface area (Å²) in [6, 6.07) is 19.2. The number of carbonyl (C=O) groups excluding carboxylic acids is 1. The predicted molar refractivity (Wildman–Crippen MR) is 159 cm³/mol. The van der Waals surface area contributed by atoms with E-state index in [-0.39, 0.29) is 5.91 Å². The van der Waals surface area contributed by atoms with E-state index in [9.17, 15) is 4.79 Å². The minimum Gasteiger partial charge on any atom is -0.397 e. The molecule has 0 atom stereocenters. The summed E-state index contributed by atoms with van der Waals surface area (Å²) < 4.78 is 5.45. The standard InChI is InChI=1S/C31H40N6O2/c1-24-9-8-10-27(21-24)34-25(2)37(16-7-3-6-15-36-17-19-39-20-18-36)23-26-13-14-30(33-22-26)31(38)35-29-12-5-4-11-28(29)32/h4-5,8-14,21-22,34H,2-3,6-7,15-20,23,32H2,1H3,(H,35,38). The van der Waals surface area contributed by atoms with Crippen LogP contribution in [0.1, 0.15) is 40.9 Å².